The molecule has 142 valence electrons. The number of rotatable bonds is 5. The molecule has 3 N–H and O–H groups in total. The molecule has 0 bridgehead atoms. The Kier molecular flexibility index (Phi) is 5.58. The second kappa shape index (κ2) is 7.72. The molecule has 1 aromatic carbocycles. The standard InChI is InChI=1S/C18H23N3O4.ClH/c19-9-13(11-3-4-11)20-17(22)14-2-1-7-21(14)18(23)12-5-6-15-16(8-12)25-10-24-15;/h5-6,8,11,13-14H,1-4,7,9-10,19H2,(H,20,22);1H. The van der Waals surface area contributed by atoms with Gasteiger partial charge in [-0.15, -0.1) is 12.4 Å². The largest absolute Gasteiger partial charge is 0.454 e. The first kappa shape index (κ1) is 18.8. The minimum absolute atomic E-state index is 0. The molecule has 3 aliphatic rings. The first-order chi connectivity index (χ1) is 12.2. The molecule has 0 aromatic heterocycles. The number of carbonyl (C=O) groups excluding carboxylic acids is 2. The highest BCUT2D eigenvalue weighted by atomic mass is 35.5. The summed E-state index contributed by atoms with van der Waals surface area (Å²) in [6, 6.07) is 4.74. The summed E-state index contributed by atoms with van der Waals surface area (Å²) in [5, 5.41) is 3.05. The molecule has 7 nitrogen and oxygen atoms in total. The molecular formula is C18H24ClN3O4. The highest BCUT2D eigenvalue weighted by Crippen LogP contribution is 2.34. The Labute approximate surface area is 158 Å². The van der Waals surface area contributed by atoms with Gasteiger partial charge in [-0.05, 0) is 49.8 Å². The molecule has 1 saturated heterocycles. The third-order valence-electron chi connectivity index (χ3n) is 5.21. The van der Waals surface area contributed by atoms with Crippen LogP contribution in [-0.4, -0.2) is 48.7 Å². The van der Waals surface area contributed by atoms with Crippen LogP contribution in [0.15, 0.2) is 18.2 Å². The lowest BCUT2D eigenvalue weighted by atomic mass is 10.1. The summed E-state index contributed by atoms with van der Waals surface area (Å²) >= 11 is 0. The molecule has 2 heterocycles. The number of carbonyl (C=O) groups is 2. The molecular weight excluding hydrogens is 358 g/mol. The smallest absolute Gasteiger partial charge is 0.254 e. The van der Waals surface area contributed by atoms with Crippen LogP contribution in [-0.2, 0) is 4.79 Å². The summed E-state index contributed by atoms with van der Waals surface area (Å²) in [6.45, 7) is 1.20. The van der Waals surface area contributed by atoms with E-state index in [9.17, 15) is 9.59 Å². The van der Waals surface area contributed by atoms with E-state index in [1.54, 1.807) is 23.1 Å². The molecule has 2 atom stereocenters. The van der Waals surface area contributed by atoms with Crippen LogP contribution in [0.5, 0.6) is 11.5 Å². The van der Waals surface area contributed by atoms with Crippen molar-refractivity contribution in [1.29, 1.82) is 0 Å². The van der Waals surface area contributed by atoms with E-state index in [0.717, 1.165) is 19.3 Å². The molecule has 0 spiro atoms. The molecule has 1 saturated carbocycles. The van der Waals surface area contributed by atoms with Gasteiger partial charge >= 0.3 is 0 Å². The van der Waals surface area contributed by atoms with Crippen LogP contribution in [0.25, 0.3) is 0 Å². The molecule has 8 heteroatoms. The molecule has 4 rings (SSSR count). The number of nitrogens with two attached hydrogens (primary N) is 1. The summed E-state index contributed by atoms with van der Waals surface area (Å²) in [4.78, 5) is 27.2. The minimum atomic E-state index is -0.425. The zero-order chi connectivity index (χ0) is 17.4. The van der Waals surface area contributed by atoms with E-state index in [-0.39, 0.29) is 37.1 Å². The third kappa shape index (κ3) is 3.59. The van der Waals surface area contributed by atoms with Gasteiger partial charge in [0, 0.05) is 24.7 Å². The monoisotopic (exact) mass is 381 g/mol. The Bertz CT molecular complexity index is 695. The van der Waals surface area contributed by atoms with Gasteiger partial charge in [0.15, 0.2) is 11.5 Å². The Hall–Kier alpha value is -1.99. The van der Waals surface area contributed by atoms with E-state index < -0.39 is 6.04 Å². The number of nitrogens with zero attached hydrogens (tertiary/aromatic N) is 1. The van der Waals surface area contributed by atoms with Gasteiger partial charge in [-0.25, -0.2) is 0 Å². The van der Waals surface area contributed by atoms with Crippen LogP contribution in [0.2, 0.25) is 0 Å². The fourth-order valence-corrected chi connectivity index (χ4v) is 3.62. The molecule has 1 aliphatic carbocycles. The second-order valence-corrected chi connectivity index (χ2v) is 6.91. The Morgan fingerprint density at radius 3 is 2.73 bits per heavy atom. The van der Waals surface area contributed by atoms with Crippen LogP contribution >= 0.6 is 12.4 Å². The van der Waals surface area contributed by atoms with Crippen molar-refractivity contribution < 1.29 is 19.1 Å². The number of likely N-dealkylation sites (tertiary alicyclic amines) is 1. The summed E-state index contributed by atoms with van der Waals surface area (Å²) < 4.78 is 10.6. The maximum atomic E-state index is 12.9. The second-order valence-electron chi connectivity index (χ2n) is 6.91. The first-order valence-electron chi connectivity index (χ1n) is 8.88. The predicted octanol–water partition coefficient (Wildman–Crippen LogP) is 1.30. The Balaban J connectivity index is 0.00000196. The number of benzene rings is 1. The number of amides is 2. The SMILES string of the molecule is Cl.NCC(NC(=O)C1CCCN1C(=O)c1ccc2c(c1)OCO2)C1CC1. The van der Waals surface area contributed by atoms with E-state index in [2.05, 4.69) is 5.32 Å². The molecule has 0 radical (unpaired) electrons. The Morgan fingerprint density at radius 2 is 2.00 bits per heavy atom. The lowest BCUT2D eigenvalue weighted by molar-refractivity contribution is -0.125. The van der Waals surface area contributed by atoms with Gasteiger partial charge in [-0.1, -0.05) is 0 Å². The van der Waals surface area contributed by atoms with Crippen molar-refractivity contribution in [3.63, 3.8) is 0 Å². The number of hydrogen-bond acceptors (Lipinski definition) is 5. The van der Waals surface area contributed by atoms with E-state index in [4.69, 9.17) is 15.2 Å². The van der Waals surface area contributed by atoms with Crippen LogP contribution in [0, 0.1) is 5.92 Å². The number of ether oxygens (including phenoxy) is 2. The lowest BCUT2D eigenvalue weighted by Gasteiger charge is -2.26. The summed E-state index contributed by atoms with van der Waals surface area (Å²) in [5.74, 6) is 1.47. The molecule has 2 unspecified atom stereocenters. The van der Waals surface area contributed by atoms with Crippen LogP contribution < -0.4 is 20.5 Å². The van der Waals surface area contributed by atoms with Gasteiger partial charge in [-0.3, -0.25) is 9.59 Å². The van der Waals surface area contributed by atoms with Crippen LogP contribution in [0.1, 0.15) is 36.0 Å². The fraction of sp³-hybridized carbons (Fsp3) is 0.556. The molecule has 2 amide bonds. The van der Waals surface area contributed by atoms with Crippen molar-refractivity contribution in [2.24, 2.45) is 11.7 Å². The maximum Gasteiger partial charge on any atom is 0.254 e. The lowest BCUT2D eigenvalue weighted by Crippen LogP contribution is -2.51. The van der Waals surface area contributed by atoms with E-state index in [0.29, 0.717) is 42.5 Å². The van der Waals surface area contributed by atoms with E-state index in [1.807, 2.05) is 0 Å². The first-order valence-corrected chi connectivity index (χ1v) is 8.88. The van der Waals surface area contributed by atoms with Gasteiger partial charge in [0.1, 0.15) is 6.04 Å². The maximum absolute atomic E-state index is 12.9. The normalized spacial score (nSPS) is 21.9. The zero-order valence-corrected chi connectivity index (χ0v) is 15.3. The summed E-state index contributed by atoms with van der Waals surface area (Å²) in [5.41, 5.74) is 6.29. The predicted molar refractivity (Wildman–Crippen MR) is 97.6 cm³/mol. The van der Waals surface area contributed by atoms with Crippen molar-refractivity contribution in [2.75, 3.05) is 19.9 Å². The van der Waals surface area contributed by atoms with Crippen molar-refractivity contribution >= 4 is 24.2 Å². The number of halogens is 1. The van der Waals surface area contributed by atoms with Gasteiger partial charge in [0.05, 0.1) is 0 Å². The van der Waals surface area contributed by atoms with Gasteiger partial charge in [0.2, 0.25) is 12.7 Å². The Morgan fingerprint density at radius 1 is 1.23 bits per heavy atom. The van der Waals surface area contributed by atoms with Gasteiger partial charge in [-0.2, -0.15) is 0 Å². The molecule has 26 heavy (non-hydrogen) atoms. The van der Waals surface area contributed by atoms with Crippen molar-refractivity contribution in [1.82, 2.24) is 10.2 Å². The molecule has 2 fully saturated rings. The average molecular weight is 382 g/mol. The van der Waals surface area contributed by atoms with Crippen molar-refractivity contribution in [2.45, 2.75) is 37.8 Å². The van der Waals surface area contributed by atoms with Crippen LogP contribution in [0.4, 0.5) is 0 Å². The van der Waals surface area contributed by atoms with Gasteiger partial charge in [0.25, 0.3) is 5.91 Å². The minimum Gasteiger partial charge on any atom is -0.454 e. The summed E-state index contributed by atoms with van der Waals surface area (Å²) in [6.07, 6.45) is 3.74. The zero-order valence-electron chi connectivity index (χ0n) is 14.5. The van der Waals surface area contributed by atoms with Gasteiger partial charge < -0.3 is 25.4 Å². The third-order valence-corrected chi connectivity index (χ3v) is 5.21. The topological polar surface area (TPSA) is 93.9 Å². The molecule has 1 aromatic rings. The number of hydrogen-bond donors (Lipinski definition) is 2. The quantitative estimate of drug-likeness (QED) is 0.801. The van der Waals surface area contributed by atoms with E-state index >= 15 is 0 Å². The number of fused-ring (bicyclic) bond motifs is 1. The highest BCUT2D eigenvalue weighted by Gasteiger charge is 2.38. The summed E-state index contributed by atoms with van der Waals surface area (Å²) in [7, 11) is 0. The van der Waals surface area contributed by atoms with Crippen molar-refractivity contribution in [3.05, 3.63) is 23.8 Å². The van der Waals surface area contributed by atoms with E-state index in [1.165, 1.54) is 0 Å². The average Bonchev–Trinajstić information content (AvgIpc) is 3.17. The van der Waals surface area contributed by atoms with Crippen LogP contribution in [0.3, 0.4) is 0 Å². The number of nitrogens with one attached hydrogen (secondary N) is 1. The highest BCUT2D eigenvalue weighted by molar-refractivity contribution is 5.98. The van der Waals surface area contributed by atoms with Crippen molar-refractivity contribution in [3.8, 4) is 11.5 Å². The fourth-order valence-electron chi connectivity index (χ4n) is 3.62. The molecule has 2 aliphatic heterocycles.